The largest absolute Gasteiger partial charge is 0.362 e. The van der Waals surface area contributed by atoms with Gasteiger partial charge in [0.15, 0.2) is 5.78 Å². The Kier molecular flexibility index (Phi) is 5.24. The fourth-order valence-electron chi connectivity index (χ4n) is 4.00. The molecule has 1 aliphatic heterocycles. The van der Waals surface area contributed by atoms with E-state index in [0.717, 1.165) is 24.1 Å². The number of allylic oxidation sites excluding steroid dienone is 3. The molecule has 4 nitrogen and oxygen atoms in total. The number of ketones is 1. The minimum atomic E-state index is -0.475. The highest BCUT2D eigenvalue weighted by atomic mass is 35.5. The summed E-state index contributed by atoms with van der Waals surface area (Å²) >= 11 is 6.05. The van der Waals surface area contributed by atoms with Crippen LogP contribution in [0.25, 0.3) is 0 Å². The normalized spacial score (nSPS) is 19.0. The summed E-state index contributed by atoms with van der Waals surface area (Å²) in [6.45, 7) is 1.84. The molecule has 2 aromatic carbocycles. The Morgan fingerprint density at radius 3 is 2.48 bits per heavy atom. The molecule has 1 atom stereocenters. The zero-order chi connectivity index (χ0) is 20.5. The van der Waals surface area contributed by atoms with Gasteiger partial charge < -0.3 is 10.6 Å². The van der Waals surface area contributed by atoms with Crippen LogP contribution in [0.1, 0.15) is 37.7 Å². The Balaban J connectivity index is 1.77. The zero-order valence-electron chi connectivity index (χ0n) is 15.9. The van der Waals surface area contributed by atoms with Gasteiger partial charge in [0.05, 0.1) is 0 Å². The number of rotatable bonds is 3. The van der Waals surface area contributed by atoms with Crippen molar-refractivity contribution < 1.29 is 14.0 Å². The summed E-state index contributed by atoms with van der Waals surface area (Å²) in [6.07, 6.45) is 2.04. The molecular weight excluding hydrogens is 391 g/mol. The smallest absolute Gasteiger partial charge is 0.254 e. The molecule has 6 heteroatoms. The number of carbonyl (C=O) groups is 2. The second kappa shape index (κ2) is 7.84. The lowest BCUT2D eigenvalue weighted by Crippen LogP contribution is -2.35. The SMILES string of the molecule is CC1=C(C(=O)Nc2ccc(F)cc2)[C@@H](c2ccc(Cl)cc2)C2=C(CCCC2=O)N1. The first kappa shape index (κ1) is 19.4. The molecule has 29 heavy (non-hydrogen) atoms. The monoisotopic (exact) mass is 410 g/mol. The van der Waals surface area contributed by atoms with Gasteiger partial charge in [-0.2, -0.15) is 0 Å². The fraction of sp³-hybridized carbons (Fsp3) is 0.217. The van der Waals surface area contributed by atoms with E-state index in [2.05, 4.69) is 10.6 Å². The van der Waals surface area contributed by atoms with Gasteiger partial charge in [-0.1, -0.05) is 23.7 Å². The van der Waals surface area contributed by atoms with Gasteiger partial charge in [0, 0.05) is 45.6 Å². The number of amides is 1. The van der Waals surface area contributed by atoms with E-state index in [1.807, 2.05) is 19.1 Å². The van der Waals surface area contributed by atoms with E-state index in [-0.39, 0.29) is 17.5 Å². The third-order valence-corrected chi connectivity index (χ3v) is 5.58. The number of Topliss-reactive ketones (excluding diaryl/α,β-unsaturated/α-hetero) is 1. The number of nitrogens with one attached hydrogen (secondary N) is 2. The predicted molar refractivity (Wildman–Crippen MR) is 111 cm³/mol. The third kappa shape index (κ3) is 3.83. The van der Waals surface area contributed by atoms with Crippen molar-refractivity contribution in [3.05, 3.63) is 87.5 Å². The van der Waals surface area contributed by atoms with Gasteiger partial charge >= 0.3 is 0 Å². The number of benzene rings is 2. The summed E-state index contributed by atoms with van der Waals surface area (Å²) in [5.74, 6) is -1.12. The fourth-order valence-corrected chi connectivity index (χ4v) is 4.13. The lowest BCUT2D eigenvalue weighted by atomic mass is 9.75. The number of halogens is 2. The minimum absolute atomic E-state index is 0.0540. The van der Waals surface area contributed by atoms with E-state index >= 15 is 0 Å². The summed E-state index contributed by atoms with van der Waals surface area (Å²) < 4.78 is 13.2. The van der Waals surface area contributed by atoms with Crippen molar-refractivity contribution in [1.29, 1.82) is 0 Å². The van der Waals surface area contributed by atoms with Crippen molar-refractivity contribution in [1.82, 2.24) is 5.32 Å². The lowest BCUT2D eigenvalue weighted by Gasteiger charge is -2.34. The molecule has 0 radical (unpaired) electrons. The van der Waals surface area contributed by atoms with Crippen molar-refractivity contribution >= 4 is 29.0 Å². The first-order valence-corrected chi connectivity index (χ1v) is 9.88. The molecule has 2 aromatic rings. The predicted octanol–water partition coefficient (Wildman–Crippen LogP) is 5.09. The van der Waals surface area contributed by atoms with Gasteiger partial charge in [-0.25, -0.2) is 4.39 Å². The molecule has 0 spiro atoms. The molecule has 2 N–H and O–H groups in total. The van der Waals surface area contributed by atoms with Gasteiger partial charge in [0.1, 0.15) is 5.82 Å². The summed E-state index contributed by atoms with van der Waals surface area (Å²) in [5, 5.41) is 6.69. The van der Waals surface area contributed by atoms with Crippen molar-refractivity contribution in [2.24, 2.45) is 0 Å². The van der Waals surface area contributed by atoms with E-state index < -0.39 is 5.92 Å². The van der Waals surface area contributed by atoms with Crippen LogP contribution in [-0.2, 0) is 9.59 Å². The molecule has 1 heterocycles. The van der Waals surface area contributed by atoms with E-state index in [0.29, 0.717) is 34.0 Å². The van der Waals surface area contributed by atoms with Crippen molar-refractivity contribution in [3.63, 3.8) is 0 Å². The molecule has 1 amide bonds. The second-order valence-electron chi connectivity index (χ2n) is 7.28. The Labute approximate surface area is 173 Å². The highest BCUT2D eigenvalue weighted by Crippen LogP contribution is 2.42. The molecule has 1 aliphatic carbocycles. The van der Waals surface area contributed by atoms with E-state index in [1.165, 1.54) is 24.3 Å². The van der Waals surface area contributed by atoms with Crippen LogP contribution in [-0.4, -0.2) is 11.7 Å². The standard InChI is InChI=1S/C23H20ClFN2O2/c1-13-20(23(29)27-17-11-9-16(25)10-12-17)21(14-5-7-15(24)8-6-14)22-18(26-13)3-2-4-19(22)28/h5-12,21,26H,2-4H2,1H3,(H,27,29)/t21-/m1/s1. The molecule has 4 rings (SSSR count). The molecule has 0 aromatic heterocycles. The highest BCUT2D eigenvalue weighted by Gasteiger charge is 2.38. The molecular formula is C23H20ClFN2O2. The highest BCUT2D eigenvalue weighted by molar-refractivity contribution is 6.30. The van der Waals surface area contributed by atoms with E-state index in [1.54, 1.807) is 12.1 Å². The van der Waals surface area contributed by atoms with Crippen LogP contribution in [0.15, 0.2) is 71.1 Å². The number of anilines is 1. The number of carbonyl (C=O) groups excluding carboxylic acids is 2. The van der Waals surface area contributed by atoms with Gasteiger partial charge in [0.25, 0.3) is 5.91 Å². The molecule has 0 unspecified atom stereocenters. The average Bonchev–Trinajstić information content (AvgIpc) is 2.69. The van der Waals surface area contributed by atoms with Gasteiger partial charge in [-0.05, 0) is 61.7 Å². The summed E-state index contributed by atoms with van der Waals surface area (Å²) in [5.41, 5.74) is 4.04. The molecule has 0 fully saturated rings. The lowest BCUT2D eigenvalue weighted by molar-refractivity contribution is -0.116. The van der Waals surface area contributed by atoms with Crippen molar-refractivity contribution in [3.8, 4) is 0 Å². The summed E-state index contributed by atoms with van der Waals surface area (Å²) in [7, 11) is 0. The molecule has 0 saturated carbocycles. The molecule has 0 saturated heterocycles. The van der Waals surface area contributed by atoms with Crippen LogP contribution < -0.4 is 10.6 Å². The minimum Gasteiger partial charge on any atom is -0.362 e. The quantitative estimate of drug-likeness (QED) is 0.741. The van der Waals surface area contributed by atoms with Crippen molar-refractivity contribution in [2.75, 3.05) is 5.32 Å². The van der Waals surface area contributed by atoms with Gasteiger partial charge in [-0.3, -0.25) is 9.59 Å². The first-order valence-electron chi connectivity index (χ1n) is 9.50. The average molecular weight is 411 g/mol. The Bertz CT molecular complexity index is 1040. The van der Waals surface area contributed by atoms with E-state index in [9.17, 15) is 14.0 Å². The molecule has 148 valence electrons. The second-order valence-corrected chi connectivity index (χ2v) is 7.71. The van der Waals surface area contributed by atoms with Gasteiger partial charge in [-0.15, -0.1) is 0 Å². The number of hydrogen-bond acceptors (Lipinski definition) is 3. The topological polar surface area (TPSA) is 58.2 Å². The van der Waals surface area contributed by atoms with Gasteiger partial charge in [0.2, 0.25) is 0 Å². The van der Waals surface area contributed by atoms with Crippen LogP contribution in [0.4, 0.5) is 10.1 Å². The number of dihydropyridines is 1. The van der Waals surface area contributed by atoms with Crippen LogP contribution in [0.2, 0.25) is 5.02 Å². The zero-order valence-corrected chi connectivity index (χ0v) is 16.6. The van der Waals surface area contributed by atoms with Crippen LogP contribution in [0.5, 0.6) is 0 Å². The maximum atomic E-state index is 13.2. The Morgan fingerprint density at radius 2 is 1.79 bits per heavy atom. The van der Waals surface area contributed by atoms with E-state index in [4.69, 9.17) is 11.6 Å². The molecule has 2 aliphatic rings. The summed E-state index contributed by atoms with van der Waals surface area (Å²) in [4.78, 5) is 26.1. The Morgan fingerprint density at radius 1 is 1.10 bits per heavy atom. The number of hydrogen-bond donors (Lipinski definition) is 2. The Hall–Kier alpha value is -2.92. The summed E-state index contributed by atoms with van der Waals surface area (Å²) in [6, 6.07) is 12.8. The van der Waals surface area contributed by atoms with Crippen LogP contribution in [0.3, 0.4) is 0 Å². The maximum absolute atomic E-state index is 13.2. The maximum Gasteiger partial charge on any atom is 0.254 e. The third-order valence-electron chi connectivity index (χ3n) is 5.33. The first-order chi connectivity index (χ1) is 13.9. The van der Waals surface area contributed by atoms with Crippen LogP contribution >= 0.6 is 11.6 Å². The molecule has 0 bridgehead atoms. The van der Waals surface area contributed by atoms with Crippen molar-refractivity contribution in [2.45, 2.75) is 32.1 Å². The van der Waals surface area contributed by atoms with Crippen LogP contribution in [0, 0.1) is 5.82 Å².